The molecule has 27 heavy (non-hydrogen) atoms. The van der Waals surface area contributed by atoms with Crippen molar-refractivity contribution in [3.63, 3.8) is 0 Å². The Morgan fingerprint density at radius 3 is 2.37 bits per heavy atom. The van der Waals surface area contributed by atoms with E-state index in [1.165, 1.54) is 6.21 Å². The molecule has 3 amide bonds. The fourth-order valence-electron chi connectivity index (χ4n) is 2.98. The lowest BCUT2D eigenvalue weighted by molar-refractivity contribution is -0.130. The summed E-state index contributed by atoms with van der Waals surface area (Å²) in [5, 5.41) is 7.81. The van der Waals surface area contributed by atoms with E-state index in [2.05, 4.69) is 10.4 Å². The molecule has 3 rings (SSSR count). The first-order valence-corrected chi connectivity index (χ1v) is 8.96. The molecule has 0 saturated carbocycles. The lowest BCUT2D eigenvalue weighted by Crippen LogP contribution is -2.44. The van der Waals surface area contributed by atoms with Crippen LogP contribution in [0, 0.1) is 0 Å². The first-order chi connectivity index (χ1) is 13.0. The Balaban J connectivity index is 1.67. The van der Waals surface area contributed by atoms with Crippen molar-refractivity contribution in [2.45, 2.75) is 32.2 Å². The van der Waals surface area contributed by atoms with Crippen LogP contribution in [0.4, 0.5) is 4.79 Å². The van der Waals surface area contributed by atoms with Gasteiger partial charge in [-0.15, -0.1) is 5.01 Å². The number of hydrogen-bond acceptors (Lipinski definition) is 3. The van der Waals surface area contributed by atoms with E-state index in [1.54, 1.807) is 6.92 Å². The largest absolute Gasteiger partial charge is 0.346 e. The molecular formula is C22H23N3O2. The Hall–Kier alpha value is -3.21. The van der Waals surface area contributed by atoms with Gasteiger partial charge in [-0.3, -0.25) is 4.79 Å². The third kappa shape index (κ3) is 4.50. The first kappa shape index (κ1) is 18.6. The molecule has 1 N–H and O–H groups in total. The monoisotopic (exact) mass is 361 g/mol. The molecule has 5 heteroatoms. The average molecular weight is 361 g/mol. The van der Waals surface area contributed by atoms with Crippen molar-refractivity contribution in [3.8, 4) is 0 Å². The molecule has 1 saturated heterocycles. The van der Waals surface area contributed by atoms with Crippen LogP contribution >= 0.6 is 0 Å². The minimum atomic E-state index is -0.943. The second-order valence-corrected chi connectivity index (χ2v) is 6.91. The van der Waals surface area contributed by atoms with E-state index < -0.39 is 11.6 Å². The molecule has 1 atom stereocenters. The van der Waals surface area contributed by atoms with Gasteiger partial charge in [-0.25, -0.2) is 4.79 Å². The van der Waals surface area contributed by atoms with E-state index >= 15 is 0 Å². The minimum absolute atomic E-state index is 0.327. The molecule has 0 aliphatic carbocycles. The molecule has 1 aliphatic rings. The van der Waals surface area contributed by atoms with E-state index in [-0.39, 0.29) is 5.91 Å². The number of hydrogen-bond donors (Lipinski definition) is 1. The minimum Gasteiger partial charge on any atom is -0.322 e. The maximum atomic E-state index is 12.7. The van der Waals surface area contributed by atoms with Crippen LogP contribution in [-0.4, -0.2) is 28.7 Å². The number of allylic oxidation sites excluding steroid dienone is 1. The fraction of sp³-hybridized carbons (Fsp3) is 0.227. The van der Waals surface area contributed by atoms with Gasteiger partial charge in [0.2, 0.25) is 0 Å². The Labute approximate surface area is 159 Å². The zero-order valence-corrected chi connectivity index (χ0v) is 15.6. The quantitative estimate of drug-likeness (QED) is 0.624. The van der Waals surface area contributed by atoms with Gasteiger partial charge in [0.1, 0.15) is 5.54 Å². The molecule has 0 radical (unpaired) electrons. The van der Waals surface area contributed by atoms with E-state index in [0.29, 0.717) is 12.8 Å². The van der Waals surface area contributed by atoms with E-state index in [4.69, 9.17) is 0 Å². The van der Waals surface area contributed by atoms with Crippen molar-refractivity contribution < 1.29 is 9.59 Å². The predicted octanol–water partition coefficient (Wildman–Crippen LogP) is 4.02. The zero-order valence-electron chi connectivity index (χ0n) is 15.6. The third-order valence-corrected chi connectivity index (χ3v) is 4.57. The molecule has 0 bridgehead atoms. The maximum absolute atomic E-state index is 12.7. The summed E-state index contributed by atoms with van der Waals surface area (Å²) in [4.78, 5) is 25.0. The van der Waals surface area contributed by atoms with E-state index in [1.807, 2.05) is 73.7 Å². The molecule has 2 aromatic carbocycles. The third-order valence-electron chi connectivity index (χ3n) is 4.57. The lowest BCUT2D eigenvalue weighted by Gasteiger charge is -2.20. The molecule has 0 unspecified atom stereocenters. The van der Waals surface area contributed by atoms with Crippen LogP contribution in [0.3, 0.4) is 0 Å². The first-order valence-electron chi connectivity index (χ1n) is 8.96. The van der Waals surface area contributed by atoms with E-state index in [0.717, 1.165) is 21.7 Å². The highest BCUT2D eigenvalue weighted by Gasteiger charge is 2.47. The highest BCUT2D eigenvalue weighted by atomic mass is 16.2. The number of hydrazone groups is 1. The van der Waals surface area contributed by atoms with Crippen molar-refractivity contribution in [2.24, 2.45) is 5.10 Å². The van der Waals surface area contributed by atoms with Gasteiger partial charge < -0.3 is 5.32 Å². The number of nitrogens with zero attached hydrogens (tertiary/aromatic N) is 2. The maximum Gasteiger partial charge on any atom is 0.346 e. The Morgan fingerprint density at radius 1 is 1.07 bits per heavy atom. The molecule has 0 spiro atoms. The molecule has 5 nitrogen and oxygen atoms in total. The summed E-state index contributed by atoms with van der Waals surface area (Å²) in [5.74, 6) is -0.327. The summed E-state index contributed by atoms with van der Waals surface area (Å²) < 4.78 is 0. The van der Waals surface area contributed by atoms with Crippen molar-refractivity contribution in [1.29, 1.82) is 0 Å². The van der Waals surface area contributed by atoms with Crippen LogP contribution in [-0.2, 0) is 11.2 Å². The van der Waals surface area contributed by atoms with Gasteiger partial charge in [-0.1, -0.05) is 66.7 Å². The number of carbonyl (C=O) groups is 2. The molecule has 0 aromatic heterocycles. The molecule has 1 heterocycles. The molecule has 1 fully saturated rings. The number of rotatable bonds is 6. The topological polar surface area (TPSA) is 61.8 Å². The van der Waals surface area contributed by atoms with Gasteiger partial charge >= 0.3 is 6.03 Å². The van der Waals surface area contributed by atoms with Crippen LogP contribution < -0.4 is 5.32 Å². The van der Waals surface area contributed by atoms with Crippen molar-refractivity contribution in [3.05, 3.63) is 77.4 Å². The number of aryl methyl sites for hydroxylation is 1. The Bertz CT molecular complexity index is 875. The number of nitrogens with one attached hydrogen (secondary N) is 1. The highest BCUT2D eigenvalue weighted by molar-refractivity contribution is 6.07. The standard InChI is InChI=1S/C22H23N3O2/c1-17(15-19-11-7-4-8-12-19)16-23-25-20(26)22(2,24-21(25)27)14-13-18-9-5-3-6-10-18/h3-12,15-16H,13-14H2,1-2H3,(H,24,27)/b17-15+,23-16?/t22-/m1/s1. The smallest absolute Gasteiger partial charge is 0.322 e. The summed E-state index contributed by atoms with van der Waals surface area (Å²) in [5.41, 5.74) is 2.07. The van der Waals surface area contributed by atoms with Gasteiger partial charge in [-0.05, 0) is 43.4 Å². The second-order valence-electron chi connectivity index (χ2n) is 6.91. The Morgan fingerprint density at radius 2 is 1.70 bits per heavy atom. The summed E-state index contributed by atoms with van der Waals surface area (Å²) >= 11 is 0. The van der Waals surface area contributed by atoms with E-state index in [9.17, 15) is 9.59 Å². The molecule has 2 aromatic rings. The van der Waals surface area contributed by atoms with Gasteiger partial charge in [0.05, 0.1) is 6.21 Å². The number of urea groups is 1. The SMILES string of the molecule is C/C(C=NN1C(=O)N[C@](C)(CCc2ccccc2)C1=O)=C\c1ccccc1. The van der Waals surface area contributed by atoms with Crippen LogP contribution in [0.1, 0.15) is 31.4 Å². The zero-order chi connectivity index (χ0) is 19.3. The van der Waals surface area contributed by atoms with Gasteiger partial charge in [0, 0.05) is 0 Å². The molecular weight excluding hydrogens is 338 g/mol. The number of benzene rings is 2. The van der Waals surface area contributed by atoms with Gasteiger partial charge in [0.25, 0.3) is 5.91 Å². The normalized spacial score (nSPS) is 20.4. The predicted molar refractivity (Wildman–Crippen MR) is 107 cm³/mol. The van der Waals surface area contributed by atoms with Crippen LogP contribution in [0.5, 0.6) is 0 Å². The van der Waals surface area contributed by atoms with Crippen LogP contribution in [0.25, 0.3) is 6.08 Å². The summed E-state index contributed by atoms with van der Waals surface area (Å²) in [6.45, 7) is 3.63. The Kier molecular flexibility index (Phi) is 5.50. The lowest BCUT2D eigenvalue weighted by atomic mass is 9.93. The highest BCUT2D eigenvalue weighted by Crippen LogP contribution is 2.23. The fourth-order valence-corrected chi connectivity index (χ4v) is 2.98. The summed E-state index contributed by atoms with van der Waals surface area (Å²) in [7, 11) is 0. The van der Waals surface area contributed by atoms with Crippen molar-refractivity contribution >= 4 is 24.2 Å². The molecule has 1 aliphatic heterocycles. The average Bonchev–Trinajstić information content (AvgIpc) is 2.89. The summed E-state index contributed by atoms with van der Waals surface area (Å²) in [6, 6.07) is 19.2. The van der Waals surface area contributed by atoms with Gasteiger partial charge in [0.15, 0.2) is 0 Å². The van der Waals surface area contributed by atoms with Crippen LogP contribution in [0.15, 0.2) is 71.3 Å². The number of amides is 3. The second kappa shape index (κ2) is 7.99. The van der Waals surface area contributed by atoms with Gasteiger partial charge in [-0.2, -0.15) is 5.10 Å². The number of carbonyl (C=O) groups excluding carboxylic acids is 2. The number of imide groups is 1. The summed E-state index contributed by atoms with van der Waals surface area (Å²) in [6.07, 6.45) is 4.70. The van der Waals surface area contributed by atoms with Crippen molar-refractivity contribution in [2.75, 3.05) is 0 Å². The van der Waals surface area contributed by atoms with Crippen molar-refractivity contribution in [1.82, 2.24) is 10.3 Å². The van der Waals surface area contributed by atoms with Crippen LogP contribution in [0.2, 0.25) is 0 Å². The molecule has 138 valence electrons.